The molecule has 0 unspecified atom stereocenters. The largest absolute Gasteiger partial charge is 0.388 e. The van der Waals surface area contributed by atoms with Crippen molar-refractivity contribution in [2.45, 2.75) is 26.0 Å². The Kier molecular flexibility index (Phi) is 5.05. The van der Waals surface area contributed by atoms with Crippen molar-refractivity contribution in [3.05, 3.63) is 64.7 Å². The van der Waals surface area contributed by atoms with Gasteiger partial charge in [-0.3, -0.25) is 0 Å². The fourth-order valence-electron chi connectivity index (χ4n) is 2.33. The Bertz CT molecular complexity index is 570. The first kappa shape index (κ1) is 14.9. The van der Waals surface area contributed by atoms with E-state index in [2.05, 4.69) is 11.0 Å². The number of hydrogen-bond donors (Lipinski definition) is 1. The first-order chi connectivity index (χ1) is 9.61. The average molecular weight is 290 g/mol. The van der Waals surface area contributed by atoms with Gasteiger partial charge in [0.15, 0.2) is 0 Å². The first-order valence-electron chi connectivity index (χ1n) is 6.84. The number of rotatable bonds is 5. The number of aliphatic hydroxyl groups is 1. The van der Waals surface area contributed by atoms with Crippen LogP contribution in [0.5, 0.6) is 0 Å². The zero-order chi connectivity index (χ0) is 14.5. The van der Waals surface area contributed by atoms with Crippen LogP contribution in [-0.2, 0) is 6.54 Å². The summed E-state index contributed by atoms with van der Waals surface area (Å²) in [6, 6.07) is 15.8. The number of para-hydroxylation sites is 1. The molecule has 0 heterocycles. The van der Waals surface area contributed by atoms with Crippen LogP contribution in [0.2, 0.25) is 5.02 Å². The molecule has 0 amide bonds. The van der Waals surface area contributed by atoms with Gasteiger partial charge in [-0.15, -0.1) is 0 Å². The number of anilines is 1. The van der Waals surface area contributed by atoms with E-state index in [9.17, 15) is 5.11 Å². The van der Waals surface area contributed by atoms with Crippen LogP contribution in [0.25, 0.3) is 0 Å². The molecule has 1 N–H and O–H groups in total. The summed E-state index contributed by atoms with van der Waals surface area (Å²) in [5.41, 5.74) is 3.18. The minimum atomic E-state index is -0.423. The first-order valence-corrected chi connectivity index (χ1v) is 7.22. The SMILES string of the molecule is CC[C@@H](O)c1ccccc1N(C)Cc1cccc(Cl)c1. The highest BCUT2D eigenvalue weighted by Gasteiger charge is 2.13. The lowest BCUT2D eigenvalue weighted by Gasteiger charge is -2.24. The summed E-state index contributed by atoms with van der Waals surface area (Å²) in [7, 11) is 2.03. The molecule has 2 nitrogen and oxygen atoms in total. The minimum absolute atomic E-state index is 0.423. The summed E-state index contributed by atoms with van der Waals surface area (Å²) >= 11 is 6.02. The van der Waals surface area contributed by atoms with E-state index in [1.54, 1.807) is 0 Å². The summed E-state index contributed by atoms with van der Waals surface area (Å²) in [5.74, 6) is 0. The molecule has 0 aliphatic heterocycles. The Hall–Kier alpha value is -1.51. The van der Waals surface area contributed by atoms with Gasteiger partial charge in [0.05, 0.1) is 6.10 Å². The van der Waals surface area contributed by atoms with Crippen LogP contribution in [0.15, 0.2) is 48.5 Å². The van der Waals surface area contributed by atoms with Crippen molar-refractivity contribution in [1.29, 1.82) is 0 Å². The van der Waals surface area contributed by atoms with Gasteiger partial charge in [0.25, 0.3) is 0 Å². The predicted molar refractivity (Wildman–Crippen MR) is 85.3 cm³/mol. The summed E-state index contributed by atoms with van der Waals surface area (Å²) in [4.78, 5) is 2.14. The van der Waals surface area contributed by atoms with Crippen molar-refractivity contribution >= 4 is 17.3 Å². The van der Waals surface area contributed by atoms with Crippen molar-refractivity contribution in [2.75, 3.05) is 11.9 Å². The van der Waals surface area contributed by atoms with E-state index in [0.717, 1.165) is 28.4 Å². The molecule has 0 radical (unpaired) electrons. The van der Waals surface area contributed by atoms with Crippen LogP contribution in [0.3, 0.4) is 0 Å². The van der Waals surface area contributed by atoms with Gasteiger partial charge in [0, 0.05) is 29.9 Å². The highest BCUT2D eigenvalue weighted by Crippen LogP contribution is 2.28. The number of hydrogen-bond acceptors (Lipinski definition) is 2. The van der Waals surface area contributed by atoms with Crippen molar-refractivity contribution in [1.82, 2.24) is 0 Å². The molecule has 0 saturated carbocycles. The van der Waals surface area contributed by atoms with E-state index in [0.29, 0.717) is 6.42 Å². The number of halogens is 1. The summed E-state index contributed by atoms with van der Waals surface area (Å²) in [5, 5.41) is 10.9. The van der Waals surface area contributed by atoms with E-state index in [1.807, 2.05) is 56.4 Å². The van der Waals surface area contributed by atoms with Gasteiger partial charge in [-0.2, -0.15) is 0 Å². The molecule has 20 heavy (non-hydrogen) atoms. The van der Waals surface area contributed by atoms with Gasteiger partial charge in [0.1, 0.15) is 0 Å². The second-order valence-corrected chi connectivity index (χ2v) is 5.41. The van der Waals surface area contributed by atoms with Crippen LogP contribution in [-0.4, -0.2) is 12.2 Å². The molecule has 106 valence electrons. The normalized spacial score (nSPS) is 12.2. The Morgan fingerprint density at radius 3 is 2.60 bits per heavy atom. The fraction of sp³-hybridized carbons (Fsp3) is 0.294. The van der Waals surface area contributed by atoms with Crippen LogP contribution in [0, 0.1) is 0 Å². The molecular formula is C17H20ClNO. The Balaban J connectivity index is 2.23. The zero-order valence-corrected chi connectivity index (χ0v) is 12.6. The molecule has 0 saturated heterocycles. The standard InChI is InChI=1S/C17H20ClNO/c1-3-17(20)15-9-4-5-10-16(15)19(2)12-13-7-6-8-14(18)11-13/h4-11,17,20H,3,12H2,1-2H3/t17-/m1/s1. The third-order valence-corrected chi connectivity index (χ3v) is 3.64. The molecule has 2 aromatic rings. The van der Waals surface area contributed by atoms with Crippen molar-refractivity contribution in [3.8, 4) is 0 Å². The topological polar surface area (TPSA) is 23.5 Å². The van der Waals surface area contributed by atoms with E-state index in [4.69, 9.17) is 11.6 Å². The Labute approximate surface area is 125 Å². The Morgan fingerprint density at radius 2 is 1.90 bits per heavy atom. The maximum Gasteiger partial charge on any atom is 0.0807 e. The number of aliphatic hydroxyl groups excluding tert-OH is 1. The molecule has 2 aromatic carbocycles. The third-order valence-electron chi connectivity index (χ3n) is 3.40. The van der Waals surface area contributed by atoms with Gasteiger partial charge in [-0.1, -0.05) is 48.9 Å². The summed E-state index contributed by atoms with van der Waals surface area (Å²) in [6.07, 6.45) is 0.287. The van der Waals surface area contributed by atoms with Crippen LogP contribution in [0.4, 0.5) is 5.69 Å². The molecule has 0 aromatic heterocycles. The molecule has 0 spiro atoms. The van der Waals surface area contributed by atoms with Crippen LogP contribution >= 0.6 is 11.6 Å². The second-order valence-electron chi connectivity index (χ2n) is 4.97. The molecule has 0 fully saturated rings. The van der Waals surface area contributed by atoms with Crippen LogP contribution in [0.1, 0.15) is 30.6 Å². The van der Waals surface area contributed by atoms with Gasteiger partial charge in [-0.25, -0.2) is 0 Å². The lowest BCUT2D eigenvalue weighted by atomic mass is 10.0. The second kappa shape index (κ2) is 6.78. The summed E-state index contributed by atoms with van der Waals surface area (Å²) in [6.45, 7) is 2.74. The van der Waals surface area contributed by atoms with Crippen LogP contribution < -0.4 is 4.90 Å². The smallest absolute Gasteiger partial charge is 0.0807 e. The molecule has 0 bridgehead atoms. The molecule has 2 rings (SSSR count). The maximum atomic E-state index is 10.1. The lowest BCUT2D eigenvalue weighted by Crippen LogP contribution is -2.18. The number of nitrogens with zero attached hydrogens (tertiary/aromatic N) is 1. The highest BCUT2D eigenvalue weighted by atomic mass is 35.5. The van der Waals surface area contributed by atoms with E-state index < -0.39 is 6.10 Å². The number of benzene rings is 2. The maximum absolute atomic E-state index is 10.1. The van der Waals surface area contributed by atoms with Gasteiger partial charge in [-0.05, 0) is 30.2 Å². The molecule has 0 aliphatic carbocycles. The van der Waals surface area contributed by atoms with Gasteiger partial charge >= 0.3 is 0 Å². The van der Waals surface area contributed by atoms with E-state index in [1.165, 1.54) is 0 Å². The highest BCUT2D eigenvalue weighted by molar-refractivity contribution is 6.30. The summed E-state index contributed by atoms with van der Waals surface area (Å²) < 4.78 is 0. The van der Waals surface area contributed by atoms with Crippen molar-refractivity contribution in [2.24, 2.45) is 0 Å². The third kappa shape index (κ3) is 3.53. The molecule has 3 heteroatoms. The van der Waals surface area contributed by atoms with Gasteiger partial charge in [0.2, 0.25) is 0 Å². The Morgan fingerprint density at radius 1 is 1.15 bits per heavy atom. The van der Waals surface area contributed by atoms with Crippen molar-refractivity contribution < 1.29 is 5.11 Å². The lowest BCUT2D eigenvalue weighted by molar-refractivity contribution is 0.174. The zero-order valence-electron chi connectivity index (χ0n) is 11.9. The molecule has 1 atom stereocenters. The van der Waals surface area contributed by atoms with E-state index in [-0.39, 0.29) is 0 Å². The molecular weight excluding hydrogens is 270 g/mol. The molecule has 0 aliphatic rings. The van der Waals surface area contributed by atoms with Crippen molar-refractivity contribution in [3.63, 3.8) is 0 Å². The average Bonchev–Trinajstić information content (AvgIpc) is 2.46. The van der Waals surface area contributed by atoms with Gasteiger partial charge < -0.3 is 10.0 Å². The van der Waals surface area contributed by atoms with E-state index >= 15 is 0 Å². The quantitative estimate of drug-likeness (QED) is 0.881. The fourth-order valence-corrected chi connectivity index (χ4v) is 2.54. The monoisotopic (exact) mass is 289 g/mol. The predicted octanol–water partition coefficient (Wildman–Crippen LogP) is 4.42. The minimum Gasteiger partial charge on any atom is -0.388 e.